The van der Waals surface area contributed by atoms with Crippen molar-refractivity contribution in [3.05, 3.63) is 17.5 Å². The fourth-order valence-electron chi connectivity index (χ4n) is 1.68. The predicted octanol–water partition coefficient (Wildman–Crippen LogP) is 0.970. The Morgan fingerprint density at radius 1 is 1.67 bits per heavy atom. The summed E-state index contributed by atoms with van der Waals surface area (Å²) in [6.07, 6.45) is 1.75. The molecule has 0 bridgehead atoms. The van der Waals surface area contributed by atoms with Crippen LogP contribution in [0.1, 0.15) is 24.6 Å². The fraction of sp³-hybridized carbons (Fsp3) is 0.600. The van der Waals surface area contributed by atoms with Crippen molar-refractivity contribution >= 4 is 5.97 Å². The number of hydrogen-bond acceptors (Lipinski definition) is 3. The summed E-state index contributed by atoms with van der Waals surface area (Å²) < 4.78 is 0. The SMILES string of the molecule is Cc1[nH]ncc1C(C)(CC(=O)O)N(C)C. The largest absolute Gasteiger partial charge is 0.481 e. The van der Waals surface area contributed by atoms with E-state index in [1.807, 2.05) is 32.8 Å². The van der Waals surface area contributed by atoms with E-state index in [1.165, 1.54) is 0 Å². The topological polar surface area (TPSA) is 69.2 Å². The van der Waals surface area contributed by atoms with Crippen LogP contribution in [0.3, 0.4) is 0 Å². The van der Waals surface area contributed by atoms with Crippen LogP contribution < -0.4 is 0 Å². The first-order valence-corrected chi connectivity index (χ1v) is 4.77. The Morgan fingerprint density at radius 3 is 2.60 bits per heavy atom. The lowest BCUT2D eigenvalue weighted by molar-refractivity contribution is -0.140. The molecule has 1 heterocycles. The Bertz CT molecular complexity index is 359. The molecule has 84 valence electrons. The van der Waals surface area contributed by atoms with Gasteiger partial charge in [0.05, 0.1) is 18.2 Å². The van der Waals surface area contributed by atoms with E-state index < -0.39 is 11.5 Å². The average Bonchev–Trinajstić information content (AvgIpc) is 2.49. The maximum Gasteiger partial charge on any atom is 0.305 e. The fourth-order valence-corrected chi connectivity index (χ4v) is 1.68. The highest BCUT2D eigenvalue weighted by Crippen LogP contribution is 2.31. The number of carboxylic acid groups (broad SMARTS) is 1. The van der Waals surface area contributed by atoms with Crippen LogP contribution in [0.4, 0.5) is 0 Å². The first kappa shape index (κ1) is 11.7. The van der Waals surface area contributed by atoms with Gasteiger partial charge in [-0.1, -0.05) is 0 Å². The van der Waals surface area contributed by atoms with Gasteiger partial charge in [0.2, 0.25) is 0 Å². The van der Waals surface area contributed by atoms with E-state index in [0.29, 0.717) is 0 Å². The lowest BCUT2D eigenvalue weighted by Gasteiger charge is -2.35. The van der Waals surface area contributed by atoms with E-state index in [-0.39, 0.29) is 6.42 Å². The summed E-state index contributed by atoms with van der Waals surface area (Å²) in [4.78, 5) is 12.8. The number of aryl methyl sites for hydroxylation is 1. The normalized spacial score (nSPS) is 15.3. The van der Waals surface area contributed by atoms with E-state index in [0.717, 1.165) is 11.3 Å². The molecule has 5 nitrogen and oxygen atoms in total. The third kappa shape index (κ3) is 2.18. The number of carboxylic acids is 1. The Morgan fingerprint density at radius 2 is 2.27 bits per heavy atom. The second kappa shape index (κ2) is 4.02. The van der Waals surface area contributed by atoms with Crippen molar-refractivity contribution in [2.75, 3.05) is 14.1 Å². The highest BCUT2D eigenvalue weighted by Gasteiger charge is 2.34. The van der Waals surface area contributed by atoms with Gasteiger partial charge in [-0.05, 0) is 27.9 Å². The van der Waals surface area contributed by atoms with Crippen LogP contribution in [0.15, 0.2) is 6.20 Å². The average molecular weight is 211 g/mol. The molecule has 15 heavy (non-hydrogen) atoms. The molecule has 0 amide bonds. The molecule has 1 aromatic heterocycles. The van der Waals surface area contributed by atoms with Crippen LogP contribution in [0, 0.1) is 6.92 Å². The molecular weight excluding hydrogens is 194 g/mol. The quantitative estimate of drug-likeness (QED) is 0.778. The highest BCUT2D eigenvalue weighted by atomic mass is 16.4. The smallest absolute Gasteiger partial charge is 0.305 e. The molecule has 0 spiro atoms. The highest BCUT2D eigenvalue weighted by molar-refractivity contribution is 5.69. The molecule has 0 fully saturated rings. The van der Waals surface area contributed by atoms with Crippen molar-refractivity contribution in [2.45, 2.75) is 25.8 Å². The molecule has 1 rings (SSSR count). The molecule has 0 aliphatic heterocycles. The molecule has 0 saturated carbocycles. The molecule has 0 aliphatic carbocycles. The molecule has 2 N–H and O–H groups in total. The Hall–Kier alpha value is -1.36. The summed E-state index contributed by atoms with van der Waals surface area (Å²) in [7, 11) is 3.74. The van der Waals surface area contributed by atoms with Gasteiger partial charge in [0.1, 0.15) is 0 Å². The molecule has 1 aromatic rings. The second-order valence-corrected chi connectivity index (χ2v) is 4.15. The number of rotatable bonds is 4. The third-order valence-electron chi connectivity index (χ3n) is 2.89. The zero-order valence-corrected chi connectivity index (χ0v) is 9.53. The van der Waals surface area contributed by atoms with E-state index in [2.05, 4.69) is 10.2 Å². The summed E-state index contributed by atoms with van der Waals surface area (Å²) in [6.45, 7) is 3.80. The summed E-state index contributed by atoms with van der Waals surface area (Å²) in [5, 5.41) is 15.7. The molecule has 1 unspecified atom stereocenters. The van der Waals surface area contributed by atoms with Gasteiger partial charge in [-0.15, -0.1) is 0 Å². The van der Waals surface area contributed by atoms with Crippen LogP contribution in [-0.2, 0) is 10.3 Å². The lowest BCUT2D eigenvalue weighted by atomic mass is 9.88. The van der Waals surface area contributed by atoms with Crippen LogP contribution in [0.25, 0.3) is 0 Å². The third-order valence-corrected chi connectivity index (χ3v) is 2.89. The number of aromatic nitrogens is 2. The number of aliphatic carboxylic acids is 1. The van der Waals surface area contributed by atoms with Gasteiger partial charge in [-0.25, -0.2) is 0 Å². The van der Waals surface area contributed by atoms with Crippen LogP contribution in [-0.4, -0.2) is 40.3 Å². The number of carbonyl (C=O) groups is 1. The summed E-state index contributed by atoms with van der Waals surface area (Å²) >= 11 is 0. The number of nitrogens with one attached hydrogen (secondary N) is 1. The number of nitrogens with zero attached hydrogens (tertiary/aromatic N) is 2. The molecule has 0 aromatic carbocycles. The van der Waals surface area contributed by atoms with Gasteiger partial charge in [0.15, 0.2) is 0 Å². The molecule has 0 saturated heterocycles. The minimum Gasteiger partial charge on any atom is -0.481 e. The standard InChI is InChI=1S/C10H17N3O2/c1-7-8(6-11-12-7)10(2,13(3)4)5-9(14)15/h6H,5H2,1-4H3,(H,11,12)(H,14,15). The first-order chi connectivity index (χ1) is 6.88. The van der Waals surface area contributed by atoms with Crippen molar-refractivity contribution in [1.29, 1.82) is 0 Å². The minimum absolute atomic E-state index is 0.0559. The summed E-state index contributed by atoms with van der Waals surface area (Å²) in [6, 6.07) is 0. The monoisotopic (exact) mass is 211 g/mol. The van der Waals surface area contributed by atoms with Crippen molar-refractivity contribution in [3.8, 4) is 0 Å². The van der Waals surface area contributed by atoms with Crippen LogP contribution >= 0.6 is 0 Å². The van der Waals surface area contributed by atoms with Gasteiger partial charge in [0.25, 0.3) is 0 Å². The Labute approximate surface area is 89.1 Å². The van der Waals surface area contributed by atoms with E-state index in [9.17, 15) is 4.79 Å². The number of H-pyrrole nitrogens is 1. The van der Waals surface area contributed by atoms with Crippen LogP contribution in [0.5, 0.6) is 0 Å². The molecule has 1 atom stereocenters. The van der Waals surface area contributed by atoms with Crippen molar-refractivity contribution in [2.24, 2.45) is 0 Å². The zero-order valence-electron chi connectivity index (χ0n) is 9.53. The zero-order chi connectivity index (χ0) is 11.6. The summed E-state index contributed by atoms with van der Waals surface area (Å²) in [5.74, 6) is -0.813. The second-order valence-electron chi connectivity index (χ2n) is 4.15. The Kier molecular flexibility index (Phi) is 3.14. The Balaban J connectivity index is 3.12. The maximum absolute atomic E-state index is 10.9. The molecule has 0 aliphatic rings. The molecule has 0 radical (unpaired) electrons. The predicted molar refractivity (Wildman–Crippen MR) is 56.6 cm³/mol. The summed E-state index contributed by atoms with van der Waals surface area (Å²) in [5.41, 5.74) is 1.31. The van der Waals surface area contributed by atoms with Crippen LogP contribution in [0.2, 0.25) is 0 Å². The van der Waals surface area contributed by atoms with Gasteiger partial charge in [0, 0.05) is 11.3 Å². The van der Waals surface area contributed by atoms with E-state index >= 15 is 0 Å². The number of hydrogen-bond donors (Lipinski definition) is 2. The van der Waals surface area contributed by atoms with Crippen molar-refractivity contribution < 1.29 is 9.90 Å². The first-order valence-electron chi connectivity index (χ1n) is 4.77. The van der Waals surface area contributed by atoms with Gasteiger partial charge >= 0.3 is 5.97 Å². The maximum atomic E-state index is 10.9. The van der Waals surface area contributed by atoms with E-state index in [4.69, 9.17) is 5.11 Å². The van der Waals surface area contributed by atoms with Gasteiger partial charge < -0.3 is 5.11 Å². The lowest BCUT2D eigenvalue weighted by Crippen LogP contribution is -2.40. The molecule has 5 heteroatoms. The van der Waals surface area contributed by atoms with Crippen molar-refractivity contribution in [1.82, 2.24) is 15.1 Å². The van der Waals surface area contributed by atoms with Gasteiger partial charge in [-0.2, -0.15) is 5.10 Å². The minimum atomic E-state index is -0.813. The van der Waals surface area contributed by atoms with Gasteiger partial charge in [-0.3, -0.25) is 14.8 Å². The number of aromatic amines is 1. The van der Waals surface area contributed by atoms with E-state index in [1.54, 1.807) is 6.20 Å². The molecular formula is C10H17N3O2. The van der Waals surface area contributed by atoms with Crippen molar-refractivity contribution in [3.63, 3.8) is 0 Å².